The quantitative estimate of drug-likeness (QED) is 0.193. The van der Waals surface area contributed by atoms with Gasteiger partial charge in [-0.25, -0.2) is 4.79 Å². The molecule has 4 rings (SSSR count). The summed E-state index contributed by atoms with van der Waals surface area (Å²) in [6.45, 7) is 15.5. The fourth-order valence-electron chi connectivity index (χ4n) is 5.97. The van der Waals surface area contributed by atoms with Crippen molar-refractivity contribution >= 4 is 35.1 Å². The van der Waals surface area contributed by atoms with E-state index >= 15 is 0 Å². The molecule has 2 aromatic rings. The first-order valence-corrected chi connectivity index (χ1v) is 16.3. The lowest BCUT2D eigenvalue weighted by Gasteiger charge is -2.38. The van der Waals surface area contributed by atoms with E-state index < -0.39 is 11.7 Å². The molecule has 0 bridgehead atoms. The Kier molecular flexibility index (Phi) is 10.4. The Morgan fingerprint density at radius 1 is 1.07 bits per heavy atom. The van der Waals surface area contributed by atoms with Crippen LogP contribution in [0.4, 0.5) is 9.59 Å². The standard InChI is InChI=1S/C35H46N2O6S/c1-22-23(2)30-28(24(3)27(22)12-10-8-9-11-19-37(33(40)41)34(4,5)6)17-18-35(7,43-30)21-42-26-15-13-25(14-16-26)20-29-31(38)36-32(39)44-29/h13-16,20H,8-12,17-19,21H2,1-7H3,(H,40,41)(H,36,38,39)/b29-20+. The summed E-state index contributed by atoms with van der Waals surface area (Å²) < 4.78 is 12.8. The van der Waals surface area contributed by atoms with E-state index in [1.807, 2.05) is 45.0 Å². The first-order chi connectivity index (χ1) is 20.7. The van der Waals surface area contributed by atoms with Crippen LogP contribution >= 0.6 is 11.8 Å². The summed E-state index contributed by atoms with van der Waals surface area (Å²) in [6, 6.07) is 7.47. The smallest absolute Gasteiger partial charge is 0.407 e. The molecule has 2 aliphatic rings. The predicted molar refractivity (Wildman–Crippen MR) is 176 cm³/mol. The zero-order valence-corrected chi connectivity index (χ0v) is 27.9. The number of amides is 3. The summed E-state index contributed by atoms with van der Waals surface area (Å²) in [6.07, 6.45) is 7.68. The lowest BCUT2D eigenvalue weighted by atomic mass is 9.84. The minimum atomic E-state index is -0.850. The first kappa shape index (κ1) is 33.4. The molecule has 2 N–H and O–H groups in total. The highest BCUT2D eigenvalue weighted by molar-refractivity contribution is 8.18. The highest BCUT2D eigenvalue weighted by Gasteiger charge is 2.35. The summed E-state index contributed by atoms with van der Waals surface area (Å²) in [7, 11) is 0. The number of hydrogen-bond donors (Lipinski definition) is 2. The number of benzene rings is 2. The molecule has 1 atom stereocenters. The van der Waals surface area contributed by atoms with Crippen molar-refractivity contribution in [2.45, 2.75) is 105 Å². The van der Waals surface area contributed by atoms with Gasteiger partial charge in [-0.05, 0) is 144 Å². The summed E-state index contributed by atoms with van der Waals surface area (Å²) in [4.78, 5) is 36.7. The van der Waals surface area contributed by atoms with Crippen LogP contribution in [0.1, 0.15) is 93.2 Å². The number of nitrogens with one attached hydrogen (secondary N) is 1. The summed E-state index contributed by atoms with van der Waals surface area (Å²) >= 11 is 0.904. The second-order valence-electron chi connectivity index (χ2n) is 13.2. The molecule has 2 aromatic carbocycles. The maximum absolute atomic E-state index is 11.8. The minimum absolute atomic E-state index is 0.352. The average Bonchev–Trinajstić information content (AvgIpc) is 3.27. The molecule has 0 aliphatic carbocycles. The Hall–Kier alpha value is -3.46. The van der Waals surface area contributed by atoms with Crippen LogP contribution in [0.25, 0.3) is 6.08 Å². The minimum Gasteiger partial charge on any atom is -0.489 e. The number of ether oxygens (including phenoxy) is 2. The maximum atomic E-state index is 11.8. The molecule has 44 heavy (non-hydrogen) atoms. The van der Waals surface area contributed by atoms with Crippen molar-refractivity contribution in [3.63, 3.8) is 0 Å². The highest BCUT2D eigenvalue weighted by atomic mass is 32.2. The second kappa shape index (κ2) is 13.7. The lowest BCUT2D eigenvalue weighted by molar-refractivity contribution is -0.115. The lowest BCUT2D eigenvalue weighted by Crippen LogP contribution is -2.45. The number of rotatable bonds is 11. The fraction of sp³-hybridized carbons (Fsp3) is 0.514. The monoisotopic (exact) mass is 622 g/mol. The SMILES string of the molecule is Cc1c(C)c2c(c(C)c1CCCCCCN(C(=O)O)C(C)(C)C)CCC(C)(COc1ccc(/C=C3/SC(=O)NC3=O)cc1)O2. The van der Waals surface area contributed by atoms with Gasteiger partial charge in [0.15, 0.2) is 0 Å². The van der Waals surface area contributed by atoms with Crippen molar-refractivity contribution in [3.05, 3.63) is 62.6 Å². The van der Waals surface area contributed by atoms with Crippen molar-refractivity contribution in [1.82, 2.24) is 10.2 Å². The Balaban J connectivity index is 1.32. The summed E-state index contributed by atoms with van der Waals surface area (Å²) in [5, 5.41) is 11.4. The largest absolute Gasteiger partial charge is 0.489 e. The zero-order valence-electron chi connectivity index (χ0n) is 27.1. The van der Waals surface area contributed by atoms with Crippen LogP contribution in [0.2, 0.25) is 0 Å². The van der Waals surface area contributed by atoms with Gasteiger partial charge in [-0.15, -0.1) is 0 Å². The van der Waals surface area contributed by atoms with Crippen LogP contribution in [0, 0.1) is 20.8 Å². The second-order valence-corrected chi connectivity index (χ2v) is 14.2. The molecule has 0 aromatic heterocycles. The Morgan fingerprint density at radius 2 is 1.75 bits per heavy atom. The topological polar surface area (TPSA) is 105 Å². The van der Waals surface area contributed by atoms with Crippen molar-refractivity contribution in [2.24, 2.45) is 0 Å². The van der Waals surface area contributed by atoms with E-state index in [2.05, 4.69) is 33.0 Å². The van der Waals surface area contributed by atoms with E-state index in [9.17, 15) is 19.5 Å². The molecule has 1 saturated heterocycles. The van der Waals surface area contributed by atoms with Gasteiger partial charge in [0.25, 0.3) is 11.1 Å². The van der Waals surface area contributed by atoms with Crippen LogP contribution in [0.3, 0.4) is 0 Å². The molecule has 8 nitrogen and oxygen atoms in total. The van der Waals surface area contributed by atoms with E-state index in [1.54, 1.807) is 6.08 Å². The zero-order chi connectivity index (χ0) is 32.2. The number of hydrogen-bond acceptors (Lipinski definition) is 6. The summed E-state index contributed by atoms with van der Waals surface area (Å²) in [5.41, 5.74) is 6.50. The van der Waals surface area contributed by atoms with Crippen molar-refractivity contribution < 1.29 is 29.0 Å². The van der Waals surface area contributed by atoms with Crippen LogP contribution < -0.4 is 14.8 Å². The Bertz CT molecular complexity index is 1440. The average molecular weight is 623 g/mol. The van der Waals surface area contributed by atoms with E-state index in [4.69, 9.17) is 9.47 Å². The van der Waals surface area contributed by atoms with Crippen LogP contribution in [0.15, 0.2) is 29.2 Å². The van der Waals surface area contributed by atoms with Gasteiger partial charge in [-0.1, -0.05) is 25.0 Å². The van der Waals surface area contributed by atoms with Gasteiger partial charge in [0, 0.05) is 12.1 Å². The molecule has 2 heterocycles. The number of carbonyl (C=O) groups excluding carboxylic acids is 2. The molecular weight excluding hydrogens is 576 g/mol. The number of carboxylic acid groups (broad SMARTS) is 1. The van der Waals surface area contributed by atoms with Gasteiger partial charge in [0.1, 0.15) is 23.7 Å². The normalized spacial score (nSPS) is 19.0. The molecule has 3 amide bonds. The van der Waals surface area contributed by atoms with Crippen LogP contribution in [0.5, 0.6) is 11.5 Å². The predicted octanol–water partition coefficient (Wildman–Crippen LogP) is 7.98. The maximum Gasteiger partial charge on any atom is 0.407 e. The van der Waals surface area contributed by atoms with Gasteiger partial charge < -0.3 is 19.5 Å². The van der Waals surface area contributed by atoms with E-state index in [1.165, 1.54) is 32.7 Å². The van der Waals surface area contributed by atoms with E-state index in [0.29, 0.717) is 18.1 Å². The molecule has 0 radical (unpaired) electrons. The van der Waals surface area contributed by atoms with Gasteiger partial charge in [-0.3, -0.25) is 14.9 Å². The van der Waals surface area contributed by atoms with Gasteiger partial charge in [-0.2, -0.15) is 0 Å². The molecular formula is C35H46N2O6S. The van der Waals surface area contributed by atoms with Crippen molar-refractivity contribution in [2.75, 3.05) is 13.2 Å². The molecule has 0 spiro atoms. The number of thioether (sulfide) groups is 1. The summed E-state index contributed by atoms with van der Waals surface area (Å²) in [5.74, 6) is 1.34. The van der Waals surface area contributed by atoms with Crippen molar-refractivity contribution in [3.8, 4) is 11.5 Å². The third-order valence-electron chi connectivity index (χ3n) is 8.75. The number of imide groups is 1. The van der Waals surface area contributed by atoms with Gasteiger partial charge in [0.2, 0.25) is 0 Å². The molecule has 1 fully saturated rings. The first-order valence-electron chi connectivity index (χ1n) is 15.5. The third-order valence-corrected chi connectivity index (χ3v) is 9.56. The number of unbranched alkanes of at least 4 members (excludes halogenated alkanes) is 3. The van der Waals surface area contributed by atoms with E-state index in [-0.39, 0.29) is 16.7 Å². The highest BCUT2D eigenvalue weighted by Crippen LogP contribution is 2.41. The van der Waals surface area contributed by atoms with E-state index in [0.717, 1.165) is 73.8 Å². The molecule has 1 unspecified atom stereocenters. The van der Waals surface area contributed by atoms with Gasteiger partial charge in [0.05, 0.1) is 4.91 Å². The number of nitrogens with zero attached hydrogens (tertiary/aromatic N) is 1. The van der Waals surface area contributed by atoms with Crippen LogP contribution in [-0.2, 0) is 17.6 Å². The fourth-order valence-corrected chi connectivity index (χ4v) is 6.65. The molecule has 238 valence electrons. The van der Waals surface area contributed by atoms with Crippen molar-refractivity contribution in [1.29, 1.82) is 0 Å². The Morgan fingerprint density at radius 3 is 2.36 bits per heavy atom. The molecule has 2 aliphatic heterocycles. The third kappa shape index (κ3) is 7.97. The number of fused-ring (bicyclic) bond motifs is 1. The Labute approximate surface area is 265 Å². The number of carbonyl (C=O) groups is 3. The van der Waals surface area contributed by atoms with Crippen LogP contribution in [-0.4, -0.2) is 51.5 Å². The molecule has 0 saturated carbocycles. The van der Waals surface area contributed by atoms with Gasteiger partial charge >= 0.3 is 6.09 Å². The molecule has 9 heteroatoms.